The van der Waals surface area contributed by atoms with Crippen molar-refractivity contribution in [1.29, 1.82) is 0 Å². The van der Waals surface area contributed by atoms with E-state index in [4.69, 9.17) is 0 Å². The zero-order chi connectivity index (χ0) is 12.8. The second-order valence-corrected chi connectivity index (χ2v) is 3.79. The van der Waals surface area contributed by atoms with Gasteiger partial charge in [-0.2, -0.15) is 8.78 Å². The van der Waals surface area contributed by atoms with E-state index < -0.39 is 6.61 Å². The Bertz CT molecular complexity index is 414. The van der Waals surface area contributed by atoms with E-state index in [0.717, 1.165) is 5.57 Å². The Kier molecular flexibility index (Phi) is 4.82. The standard InChI is InChI=1S/C13H14F2O2/c1-9(2)6-7-12(16)10-4-3-5-11(8-10)17-13(14)15/h3-5,8,13H,1,6-7H2,2H3. The molecule has 0 heterocycles. The summed E-state index contributed by atoms with van der Waals surface area (Å²) in [5.41, 5.74) is 1.29. The van der Waals surface area contributed by atoms with E-state index in [9.17, 15) is 13.6 Å². The highest BCUT2D eigenvalue weighted by Gasteiger charge is 2.09. The molecule has 1 rings (SSSR count). The predicted octanol–water partition coefficient (Wildman–Crippen LogP) is 3.83. The Morgan fingerprint density at radius 2 is 2.12 bits per heavy atom. The fourth-order valence-electron chi connectivity index (χ4n) is 1.32. The summed E-state index contributed by atoms with van der Waals surface area (Å²) >= 11 is 0. The Labute approximate surface area is 98.9 Å². The first-order valence-electron chi connectivity index (χ1n) is 5.21. The molecule has 0 aliphatic heterocycles. The number of rotatable bonds is 6. The number of alkyl halides is 2. The summed E-state index contributed by atoms with van der Waals surface area (Å²) in [5.74, 6) is -0.103. The van der Waals surface area contributed by atoms with Gasteiger partial charge in [0.05, 0.1) is 0 Å². The summed E-state index contributed by atoms with van der Waals surface area (Å²) in [6.07, 6.45) is 0.923. The van der Waals surface area contributed by atoms with Crippen LogP contribution in [0.4, 0.5) is 8.78 Å². The van der Waals surface area contributed by atoms with Gasteiger partial charge < -0.3 is 4.74 Å². The van der Waals surface area contributed by atoms with Gasteiger partial charge in [0, 0.05) is 12.0 Å². The zero-order valence-corrected chi connectivity index (χ0v) is 9.58. The van der Waals surface area contributed by atoms with E-state index in [-0.39, 0.29) is 11.5 Å². The number of carbonyl (C=O) groups is 1. The highest BCUT2D eigenvalue weighted by molar-refractivity contribution is 5.96. The van der Waals surface area contributed by atoms with E-state index in [0.29, 0.717) is 18.4 Å². The third kappa shape index (κ3) is 4.76. The Morgan fingerprint density at radius 1 is 1.41 bits per heavy atom. The first-order chi connectivity index (χ1) is 7.99. The molecule has 2 nitrogen and oxygen atoms in total. The number of Topliss-reactive ketones (excluding diaryl/α,β-unsaturated/α-hetero) is 1. The summed E-state index contributed by atoms with van der Waals surface area (Å²) < 4.78 is 28.2. The summed E-state index contributed by atoms with van der Waals surface area (Å²) in [5, 5.41) is 0. The predicted molar refractivity (Wildman–Crippen MR) is 61.5 cm³/mol. The van der Waals surface area contributed by atoms with E-state index in [2.05, 4.69) is 11.3 Å². The van der Waals surface area contributed by atoms with E-state index >= 15 is 0 Å². The lowest BCUT2D eigenvalue weighted by atomic mass is 10.0. The van der Waals surface area contributed by atoms with Crippen molar-refractivity contribution in [2.24, 2.45) is 0 Å². The number of carbonyl (C=O) groups excluding carboxylic acids is 1. The number of hydrogen-bond acceptors (Lipinski definition) is 2. The smallest absolute Gasteiger partial charge is 0.387 e. The molecule has 0 spiro atoms. The minimum absolute atomic E-state index is 0.00109. The number of ether oxygens (including phenoxy) is 1. The largest absolute Gasteiger partial charge is 0.435 e. The van der Waals surface area contributed by atoms with Crippen LogP contribution in [0.2, 0.25) is 0 Å². The molecule has 0 radical (unpaired) electrons. The van der Waals surface area contributed by atoms with Gasteiger partial charge in [0.2, 0.25) is 0 Å². The van der Waals surface area contributed by atoms with Gasteiger partial charge in [-0.15, -0.1) is 6.58 Å². The summed E-state index contributed by atoms with van der Waals surface area (Å²) in [6.45, 7) is 2.66. The third-order valence-corrected chi connectivity index (χ3v) is 2.16. The number of halogens is 2. The molecule has 1 aromatic rings. The van der Waals surface area contributed by atoms with Crippen LogP contribution in [-0.2, 0) is 0 Å². The summed E-state index contributed by atoms with van der Waals surface area (Å²) in [4.78, 5) is 11.7. The molecule has 0 unspecified atom stereocenters. The van der Waals surface area contributed by atoms with Gasteiger partial charge in [0.15, 0.2) is 5.78 Å². The van der Waals surface area contributed by atoms with Crippen LogP contribution in [0.15, 0.2) is 36.4 Å². The first kappa shape index (κ1) is 13.4. The molecule has 0 aromatic heterocycles. The average molecular weight is 240 g/mol. The maximum atomic E-state index is 12.0. The van der Waals surface area contributed by atoms with E-state index in [1.54, 1.807) is 6.07 Å². The van der Waals surface area contributed by atoms with Gasteiger partial charge in [0.25, 0.3) is 0 Å². The van der Waals surface area contributed by atoms with Gasteiger partial charge in [-0.1, -0.05) is 17.7 Å². The lowest BCUT2D eigenvalue weighted by Gasteiger charge is -2.06. The van der Waals surface area contributed by atoms with Crippen LogP contribution in [0.3, 0.4) is 0 Å². The molecule has 0 N–H and O–H groups in total. The molecule has 0 atom stereocenters. The second kappa shape index (κ2) is 6.13. The maximum absolute atomic E-state index is 12.0. The Balaban J connectivity index is 2.70. The molecule has 4 heteroatoms. The maximum Gasteiger partial charge on any atom is 0.387 e. The van der Waals surface area contributed by atoms with Gasteiger partial charge in [0.1, 0.15) is 5.75 Å². The van der Waals surface area contributed by atoms with Crippen molar-refractivity contribution in [1.82, 2.24) is 0 Å². The van der Waals surface area contributed by atoms with Crippen molar-refractivity contribution in [2.45, 2.75) is 26.4 Å². The van der Waals surface area contributed by atoms with Gasteiger partial charge >= 0.3 is 6.61 Å². The second-order valence-electron chi connectivity index (χ2n) is 3.79. The van der Waals surface area contributed by atoms with Gasteiger partial charge in [-0.3, -0.25) is 4.79 Å². The van der Waals surface area contributed by atoms with Crippen molar-refractivity contribution in [3.63, 3.8) is 0 Å². The number of benzene rings is 1. The van der Waals surface area contributed by atoms with Gasteiger partial charge in [-0.25, -0.2) is 0 Å². The lowest BCUT2D eigenvalue weighted by Crippen LogP contribution is -2.04. The molecule has 0 aliphatic rings. The Morgan fingerprint density at radius 3 is 2.71 bits per heavy atom. The molecule has 0 saturated heterocycles. The molecule has 17 heavy (non-hydrogen) atoms. The molecule has 92 valence electrons. The third-order valence-electron chi connectivity index (χ3n) is 2.16. The van der Waals surface area contributed by atoms with Crippen LogP contribution >= 0.6 is 0 Å². The molecule has 0 saturated carbocycles. The monoisotopic (exact) mass is 240 g/mol. The normalized spacial score (nSPS) is 10.4. The van der Waals surface area contributed by atoms with Gasteiger partial charge in [-0.05, 0) is 25.5 Å². The van der Waals surface area contributed by atoms with Crippen LogP contribution in [0.1, 0.15) is 30.1 Å². The quantitative estimate of drug-likeness (QED) is 0.558. The van der Waals surface area contributed by atoms with Crippen LogP contribution in [0.25, 0.3) is 0 Å². The highest BCUT2D eigenvalue weighted by Crippen LogP contribution is 2.18. The molecule has 0 bridgehead atoms. The van der Waals surface area contributed by atoms with E-state index in [1.165, 1.54) is 18.2 Å². The zero-order valence-electron chi connectivity index (χ0n) is 9.58. The molecule has 1 aromatic carbocycles. The molecule has 0 aliphatic carbocycles. The van der Waals surface area contributed by atoms with Crippen molar-refractivity contribution in [2.75, 3.05) is 0 Å². The molecular weight excluding hydrogens is 226 g/mol. The van der Waals surface area contributed by atoms with Crippen LogP contribution < -0.4 is 4.74 Å². The Hall–Kier alpha value is -1.71. The topological polar surface area (TPSA) is 26.3 Å². The van der Waals surface area contributed by atoms with Crippen molar-refractivity contribution in [3.8, 4) is 5.75 Å². The van der Waals surface area contributed by atoms with Crippen molar-refractivity contribution in [3.05, 3.63) is 42.0 Å². The first-order valence-corrected chi connectivity index (χ1v) is 5.21. The fraction of sp³-hybridized carbons (Fsp3) is 0.308. The summed E-state index contributed by atoms with van der Waals surface area (Å²) in [7, 11) is 0. The van der Waals surface area contributed by atoms with Crippen LogP contribution in [0, 0.1) is 0 Å². The summed E-state index contributed by atoms with van der Waals surface area (Å²) in [6, 6.07) is 5.82. The number of hydrogen-bond donors (Lipinski definition) is 0. The van der Waals surface area contributed by atoms with Crippen molar-refractivity contribution < 1.29 is 18.3 Å². The molecule has 0 fully saturated rings. The molecular formula is C13H14F2O2. The fourth-order valence-corrected chi connectivity index (χ4v) is 1.32. The highest BCUT2D eigenvalue weighted by atomic mass is 19.3. The SMILES string of the molecule is C=C(C)CCC(=O)c1cccc(OC(F)F)c1. The average Bonchev–Trinajstić information content (AvgIpc) is 2.25. The van der Waals surface area contributed by atoms with Crippen LogP contribution in [0.5, 0.6) is 5.75 Å². The number of allylic oxidation sites excluding steroid dienone is 1. The number of ketones is 1. The van der Waals surface area contributed by atoms with E-state index in [1.807, 2.05) is 6.92 Å². The van der Waals surface area contributed by atoms with Crippen LogP contribution in [-0.4, -0.2) is 12.4 Å². The minimum atomic E-state index is -2.88. The molecule has 0 amide bonds. The lowest BCUT2D eigenvalue weighted by molar-refractivity contribution is -0.0498. The minimum Gasteiger partial charge on any atom is -0.435 e. The van der Waals surface area contributed by atoms with Crippen molar-refractivity contribution >= 4 is 5.78 Å².